The van der Waals surface area contributed by atoms with Crippen LogP contribution < -0.4 is 4.74 Å². The minimum atomic E-state index is 0.393. The molecule has 0 aliphatic rings. The Labute approximate surface area is 66.5 Å². The third-order valence-electron chi connectivity index (χ3n) is 0.762. The van der Waals surface area contributed by atoms with E-state index < -0.39 is 0 Å². The highest BCUT2D eigenvalue weighted by atomic mass is 35.5. The monoisotopic (exact) mass is 183 g/mol. The summed E-state index contributed by atoms with van der Waals surface area (Å²) in [7, 11) is 1.50. The van der Waals surface area contributed by atoms with Crippen molar-refractivity contribution in [3.8, 4) is 5.88 Å². The molecule has 1 aromatic heterocycles. The van der Waals surface area contributed by atoms with Gasteiger partial charge in [-0.1, -0.05) is 23.2 Å². The second kappa shape index (κ2) is 2.73. The highest BCUT2D eigenvalue weighted by molar-refractivity contribution is 7.11. The Bertz CT molecular complexity index is 212. The van der Waals surface area contributed by atoms with Gasteiger partial charge in [-0.15, -0.1) is 0 Å². The van der Waals surface area contributed by atoms with Crippen LogP contribution in [0.1, 0.15) is 0 Å². The lowest BCUT2D eigenvalue weighted by Crippen LogP contribution is -1.80. The fourth-order valence-corrected chi connectivity index (χ4v) is 1.33. The van der Waals surface area contributed by atoms with Crippen LogP contribution in [0.15, 0.2) is 0 Å². The van der Waals surface area contributed by atoms with Gasteiger partial charge in [0.2, 0.25) is 5.88 Å². The van der Waals surface area contributed by atoms with E-state index in [0.29, 0.717) is 15.2 Å². The van der Waals surface area contributed by atoms with Gasteiger partial charge in [-0.3, -0.25) is 0 Å². The van der Waals surface area contributed by atoms with Crippen LogP contribution in [0.25, 0.3) is 0 Å². The number of rotatable bonds is 1. The van der Waals surface area contributed by atoms with Gasteiger partial charge in [0.25, 0.3) is 0 Å². The van der Waals surface area contributed by atoms with Crippen LogP contribution in [0.3, 0.4) is 0 Å². The summed E-state index contributed by atoms with van der Waals surface area (Å²) in [5, 5.41) is 0.393. The van der Waals surface area contributed by atoms with Crippen LogP contribution in [-0.2, 0) is 0 Å². The Kier molecular flexibility index (Phi) is 2.16. The van der Waals surface area contributed by atoms with Gasteiger partial charge < -0.3 is 4.74 Å². The lowest BCUT2D eigenvalue weighted by atomic mass is 10.7. The third kappa shape index (κ3) is 1.28. The highest BCUT2D eigenvalue weighted by Gasteiger charge is 2.08. The van der Waals surface area contributed by atoms with Crippen molar-refractivity contribution in [3.63, 3.8) is 0 Å². The smallest absolute Gasteiger partial charge is 0.245 e. The van der Waals surface area contributed by atoms with Crippen molar-refractivity contribution in [1.29, 1.82) is 0 Å². The van der Waals surface area contributed by atoms with Crippen molar-refractivity contribution in [2.45, 2.75) is 0 Å². The average molecular weight is 184 g/mol. The highest BCUT2D eigenvalue weighted by Crippen LogP contribution is 2.34. The van der Waals surface area contributed by atoms with Crippen LogP contribution in [0.5, 0.6) is 5.88 Å². The molecule has 5 heteroatoms. The number of aromatic nitrogens is 1. The maximum atomic E-state index is 5.60. The Balaban J connectivity index is 3.04. The molecule has 1 heterocycles. The van der Waals surface area contributed by atoms with Gasteiger partial charge in [0.05, 0.1) is 7.11 Å². The van der Waals surface area contributed by atoms with Crippen molar-refractivity contribution in [3.05, 3.63) is 9.36 Å². The van der Waals surface area contributed by atoms with E-state index in [2.05, 4.69) is 4.37 Å². The Morgan fingerprint density at radius 2 is 2.22 bits per heavy atom. The molecule has 2 nitrogen and oxygen atoms in total. The third-order valence-corrected chi connectivity index (χ3v) is 2.34. The Morgan fingerprint density at radius 1 is 1.56 bits per heavy atom. The van der Waals surface area contributed by atoms with Crippen LogP contribution in [0.2, 0.25) is 9.36 Å². The van der Waals surface area contributed by atoms with Crippen LogP contribution in [0.4, 0.5) is 0 Å². The first-order valence-corrected chi connectivity index (χ1v) is 3.63. The van der Waals surface area contributed by atoms with E-state index in [1.165, 1.54) is 7.11 Å². The minimum absolute atomic E-state index is 0.393. The molecule has 0 spiro atoms. The SMILES string of the molecule is COc1nsc(Cl)c1Cl. The molecule has 0 aromatic carbocycles. The van der Waals surface area contributed by atoms with Gasteiger partial charge in [-0.2, -0.15) is 4.37 Å². The molecule has 0 atom stereocenters. The van der Waals surface area contributed by atoms with Crippen molar-refractivity contribution >= 4 is 34.7 Å². The number of ether oxygens (including phenoxy) is 1. The molecular formula is C4H3Cl2NOS. The Hall–Kier alpha value is 0.01000. The maximum Gasteiger partial charge on any atom is 0.245 e. The summed E-state index contributed by atoms with van der Waals surface area (Å²) in [6.07, 6.45) is 0. The van der Waals surface area contributed by atoms with E-state index in [1.54, 1.807) is 0 Å². The largest absolute Gasteiger partial charge is 0.479 e. The molecule has 0 N–H and O–H groups in total. The predicted octanol–water partition coefficient (Wildman–Crippen LogP) is 2.46. The number of hydrogen-bond donors (Lipinski definition) is 0. The molecule has 50 valence electrons. The fraction of sp³-hybridized carbons (Fsp3) is 0.250. The molecule has 0 unspecified atom stereocenters. The van der Waals surface area contributed by atoms with Crippen LogP contribution in [0, 0.1) is 0 Å². The van der Waals surface area contributed by atoms with Gasteiger partial charge in [0.15, 0.2) is 0 Å². The predicted molar refractivity (Wildman–Crippen MR) is 38.7 cm³/mol. The van der Waals surface area contributed by atoms with Crippen molar-refractivity contribution in [2.24, 2.45) is 0 Å². The summed E-state index contributed by atoms with van der Waals surface area (Å²) in [5.41, 5.74) is 0. The molecule has 0 fully saturated rings. The van der Waals surface area contributed by atoms with E-state index in [-0.39, 0.29) is 0 Å². The van der Waals surface area contributed by atoms with E-state index in [0.717, 1.165) is 11.5 Å². The van der Waals surface area contributed by atoms with Crippen molar-refractivity contribution in [2.75, 3.05) is 7.11 Å². The standard InChI is InChI=1S/C4H3Cl2NOS/c1-8-4-2(5)3(6)9-7-4/h1H3. The van der Waals surface area contributed by atoms with Gasteiger partial charge in [-0.05, 0) is 11.5 Å². The molecule has 0 saturated heterocycles. The molecule has 0 aliphatic heterocycles. The molecule has 0 saturated carbocycles. The first kappa shape index (κ1) is 7.12. The first-order chi connectivity index (χ1) is 4.25. The topological polar surface area (TPSA) is 22.1 Å². The molecule has 0 amide bonds. The van der Waals surface area contributed by atoms with Crippen LogP contribution in [-0.4, -0.2) is 11.5 Å². The minimum Gasteiger partial charge on any atom is -0.479 e. The second-order valence-electron chi connectivity index (χ2n) is 1.28. The number of hydrogen-bond acceptors (Lipinski definition) is 3. The number of nitrogens with zero attached hydrogens (tertiary/aromatic N) is 1. The zero-order valence-electron chi connectivity index (χ0n) is 4.52. The number of methoxy groups -OCH3 is 1. The summed E-state index contributed by atoms with van der Waals surface area (Å²) in [6, 6.07) is 0. The molecule has 0 aliphatic carbocycles. The lowest BCUT2D eigenvalue weighted by Gasteiger charge is -1.89. The molecular weight excluding hydrogens is 181 g/mol. The molecule has 9 heavy (non-hydrogen) atoms. The quantitative estimate of drug-likeness (QED) is 0.668. The van der Waals surface area contributed by atoms with Gasteiger partial charge in [-0.25, -0.2) is 0 Å². The zero-order chi connectivity index (χ0) is 6.85. The average Bonchev–Trinajstić information content (AvgIpc) is 2.15. The summed E-state index contributed by atoms with van der Waals surface area (Å²) in [4.78, 5) is 0. The van der Waals surface area contributed by atoms with E-state index in [9.17, 15) is 0 Å². The second-order valence-corrected chi connectivity index (χ2v) is 3.03. The summed E-state index contributed by atoms with van der Waals surface area (Å²) >= 11 is 12.3. The summed E-state index contributed by atoms with van der Waals surface area (Å²) in [6.45, 7) is 0. The molecule has 0 bridgehead atoms. The van der Waals surface area contributed by atoms with E-state index in [1.807, 2.05) is 0 Å². The lowest BCUT2D eigenvalue weighted by molar-refractivity contribution is 0.403. The van der Waals surface area contributed by atoms with Crippen molar-refractivity contribution in [1.82, 2.24) is 4.37 Å². The molecule has 1 aromatic rings. The zero-order valence-corrected chi connectivity index (χ0v) is 6.85. The molecule has 1 rings (SSSR count). The number of halogens is 2. The van der Waals surface area contributed by atoms with Gasteiger partial charge in [0, 0.05) is 0 Å². The normalized spacial score (nSPS) is 9.67. The van der Waals surface area contributed by atoms with E-state index in [4.69, 9.17) is 27.9 Å². The van der Waals surface area contributed by atoms with Gasteiger partial charge in [0.1, 0.15) is 9.36 Å². The fourth-order valence-electron chi connectivity index (χ4n) is 0.373. The Morgan fingerprint density at radius 3 is 2.44 bits per heavy atom. The van der Waals surface area contributed by atoms with E-state index >= 15 is 0 Å². The van der Waals surface area contributed by atoms with Crippen molar-refractivity contribution < 1.29 is 4.74 Å². The van der Waals surface area contributed by atoms with Crippen LogP contribution >= 0.6 is 34.7 Å². The molecule has 0 radical (unpaired) electrons. The van der Waals surface area contributed by atoms with Gasteiger partial charge >= 0.3 is 0 Å². The summed E-state index contributed by atoms with van der Waals surface area (Å²) < 4.78 is 9.00. The maximum absolute atomic E-state index is 5.60. The summed E-state index contributed by atoms with van der Waals surface area (Å²) in [5.74, 6) is 0.395. The first-order valence-electron chi connectivity index (χ1n) is 2.10.